The van der Waals surface area contributed by atoms with Gasteiger partial charge in [-0.05, 0) is 6.92 Å². The average Bonchev–Trinajstić information content (AvgIpc) is 1.35. The maximum Gasteiger partial charge on any atom is 0.232 e. The van der Waals surface area contributed by atoms with E-state index in [1.165, 1.54) is 0 Å². The van der Waals surface area contributed by atoms with Crippen LogP contribution in [0.25, 0.3) is 0 Å². The van der Waals surface area contributed by atoms with Crippen LogP contribution in [0, 0.1) is 6.92 Å². The fourth-order valence-corrected chi connectivity index (χ4v) is 0. The molecule has 0 saturated carbocycles. The molecule has 0 fully saturated rings. The van der Waals surface area contributed by atoms with Crippen LogP contribution in [-0.4, -0.2) is 14.2 Å². The number of hydrogen-bond donors (Lipinski definition) is 0. The van der Waals surface area contributed by atoms with Crippen LogP contribution in [0.1, 0.15) is 0 Å². The van der Waals surface area contributed by atoms with Crippen molar-refractivity contribution in [3.05, 3.63) is 6.92 Å². The van der Waals surface area contributed by atoms with Gasteiger partial charge in [-0.3, -0.25) is 0 Å². The second kappa shape index (κ2) is 1.80. The summed E-state index contributed by atoms with van der Waals surface area (Å²) in [6.07, 6.45) is 0. The lowest BCUT2D eigenvalue weighted by Gasteiger charge is -1.77. The van der Waals surface area contributed by atoms with Gasteiger partial charge in [0.05, 0.1) is 5.75 Å². The van der Waals surface area contributed by atoms with E-state index in [0.29, 0.717) is 0 Å². The molecule has 0 aromatic heterocycles. The van der Waals surface area contributed by atoms with Gasteiger partial charge in [-0.15, -0.1) is 0 Å². The van der Waals surface area contributed by atoms with Gasteiger partial charge < -0.3 is 0 Å². The lowest BCUT2D eigenvalue weighted by Crippen LogP contribution is -1.89. The largest absolute Gasteiger partial charge is 0.232 e. The molecule has 0 bridgehead atoms. The lowest BCUT2D eigenvalue weighted by molar-refractivity contribution is 0.612. The molecule has 37 valence electrons. The molecule has 0 unspecified atom stereocenters. The Labute approximate surface area is 41.5 Å². The third-order valence-electron chi connectivity index (χ3n) is 0.244. The molecule has 4 heteroatoms. The third kappa shape index (κ3) is 4.24. The van der Waals surface area contributed by atoms with E-state index in [2.05, 4.69) is 17.6 Å². The molecule has 1 radical (unpaired) electrons. The minimum absolute atomic E-state index is 0.242. The fraction of sp³-hybridized carbons (Fsp3) is 0.500. The summed E-state index contributed by atoms with van der Waals surface area (Å²) in [5.41, 5.74) is 0. The monoisotopic (exact) mass is 127 g/mol. The second-order valence-corrected chi connectivity index (χ2v) is 3.64. The van der Waals surface area contributed by atoms with Crippen molar-refractivity contribution < 1.29 is 8.42 Å². The van der Waals surface area contributed by atoms with Gasteiger partial charge in [0.1, 0.15) is 0 Å². The van der Waals surface area contributed by atoms with Gasteiger partial charge in [0.25, 0.3) is 0 Å². The Morgan fingerprint density at radius 2 is 1.83 bits per heavy atom. The van der Waals surface area contributed by atoms with Gasteiger partial charge in [-0.2, -0.15) is 0 Å². The molecular weight excluding hydrogens is 124 g/mol. The van der Waals surface area contributed by atoms with Crippen LogP contribution in [0.15, 0.2) is 0 Å². The van der Waals surface area contributed by atoms with E-state index in [4.69, 9.17) is 0 Å². The van der Waals surface area contributed by atoms with Crippen LogP contribution in [0.3, 0.4) is 0 Å². The standard InChI is InChI=1S/C2H4ClO2S/c1-2-6(3,4)5/h1-2H2. The summed E-state index contributed by atoms with van der Waals surface area (Å²) in [5.74, 6) is -0.242. The van der Waals surface area contributed by atoms with E-state index in [9.17, 15) is 8.42 Å². The van der Waals surface area contributed by atoms with Crippen molar-refractivity contribution in [1.82, 2.24) is 0 Å². The van der Waals surface area contributed by atoms with Crippen molar-refractivity contribution in [2.24, 2.45) is 0 Å². The van der Waals surface area contributed by atoms with Crippen molar-refractivity contribution in [2.75, 3.05) is 5.75 Å². The number of rotatable bonds is 1. The maximum atomic E-state index is 9.70. The predicted octanol–water partition coefficient (Wildman–Crippen LogP) is 0.389. The van der Waals surface area contributed by atoms with E-state index in [1.807, 2.05) is 0 Å². The molecule has 0 rings (SSSR count). The third-order valence-corrected chi connectivity index (χ3v) is 1.19. The molecule has 0 atom stereocenters. The first-order valence-electron chi connectivity index (χ1n) is 1.28. The molecule has 6 heavy (non-hydrogen) atoms. The van der Waals surface area contributed by atoms with Crippen molar-refractivity contribution in [3.63, 3.8) is 0 Å². The van der Waals surface area contributed by atoms with Gasteiger partial charge in [0.15, 0.2) is 0 Å². The Hall–Kier alpha value is 0.240. The smallest absolute Gasteiger partial charge is 0.212 e. The zero-order chi connectivity index (χ0) is 5.21. The van der Waals surface area contributed by atoms with E-state index >= 15 is 0 Å². The fourth-order valence-electron chi connectivity index (χ4n) is 0. The SMILES string of the molecule is [CH2]CS(=O)(=O)Cl. The van der Waals surface area contributed by atoms with Gasteiger partial charge in [0.2, 0.25) is 9.05 Å². The molecule has 0 aliphatic heterocycles. The topological polar surface area (TPSA) is 34.1 Å². The Morgan fingerprint density at radius 1 is 1.67 bits per heavy atom. The Morgan fingerprint density at radius 3 is 1.83 bits per heavy atom. The molecule has 0 aliphatic carbocycles. The average molecular weight is 128 g/mol. The minimum Gasteiger partial charge on any atom is -0.212 e. The number of halogens is 1. The maximum absolute atomic E-state index is 9.70. The van der Waals surface area contributed by atoms with Crippen molar-refractivity contribution in [2.45, 2.75) is 0 Å². The highest BCUT2D eigenvalue weighted by atomic mass is 35.7. The van der Waals surface area contributed by atoms with E-state index in [1.54, 1.807) is 0 Å². The van der Waals surface area contributed by atoms with Crippen LogP contribution < -0.4 is 0 Å². The first-order valence-corrected chi connectivity index (χ1v) is 3.75. The molecule has 0 heterocycles. The summed E-state index contributed by atoms with van der Waals surface area (Å²) in [6.45, 7) is 3.04. The Balaban J connectivity index is 3.85. The Kier molecular flexibility index (Phi) is 1.87. The molecule has 0 saturated heterocycles. The molecule has 0 spiro atoms. The minimum atomic E-state index is -3.30. The first kappa shape index (κ1) is 6.24. The van der Waals surface area contributed by atoms with Crippen LogP contribution in [0.4, 0.5) is 0 Å². The molecule has 0 amide bonds. The molecular formula is C2H4ClO2S. The van der Waals surface area contributed by atoms with Crippen LogP contribution >= 0.6 is 10.7 Å². The summed E-state index contributed by atoms with van der Waals surface area (Å²) in [5, 5.41) is 0. The van der Waals surface area contributed by atoms with Gasteiger partial charge in [-0.1, -0.05) is 0 Å². The first-order chi connectivity index (χ1) is 2.56. The van der Waals surface area contributed by atoms with Gasteiger partial charge >= 0.3 is 0 Å². The summed E-state index contributed by atoms with van der Waals surface area (Å²) < 4.78 is 19.4. The number of hydrogen-bond acceptors (Lipinski definition) is 2. The normalized spacial score (nSPS) is 11.7. The quantitative estimate of drug-likeness (QED) is 0.478. The van der Waals surface area contributed by atoms with E-state index in [0.717, 1.165) is 0 Å². The van der Waals surface area contributed by atoms with E-state index in [-0.39, 0.29) is 5.75 Å². The highest BCUT2D eigenvalue weighted by Gasteiger charge is 1.95. The zero-order valence-electron chi connectivity index (χ0n) is 3.02. The lowest BCUT2D eigenvalue weighted by atomic mass is 11.0. The Bertz CT molecular complexity index is 114. The summed E-state index contributed by atoms with van der Waals surface area (Å²) >= 11 is 0. The van der Waals surface area contributed by atoms with Crippen LogP contribution in [0.2, 0.25) is 0 Å². The van der Waals surface area contributed by atoms with Crippen LogP contribution in [0.5, 0.6) is 0 Å². The molecule has 0 aliphatic rings. The van der Waals surface area contributed by atoms with Gasteiger partial charge in [-0.25, -0.2) is 8.42 Å². The summed E-state index contributed by atoms with van der Waals surface area (Å²) in [6, 6.07) is 0. The van der Waals surface area contributed by atoms with Gasteiger partial charge in [0, 0.05) is 10.7 Å². The highest BCUT2D eigenvalue weighted by Crippen LogP contribution is 1.91. The molecule has 2 nitrogen and oxygen atoms in total. The highest BCUT2D eigenvalue weighted by molar-refractivity contribution is 8.13. The van der Waals surface area contributed by atoms with E-state index < -0.39 is 9.05 Å². The van der Waals surface area contributed by atoms with Crippen LogP contribution in [-0.2, 0) is 9.05 Å². The zero-order valence-corrected chi connectivity index (χ0v) is 4.59. The molecule has 0 aromatic rings. The van der Waals surface area contributed by atoms with Crippen molar-refractivity contribution in [3.8, 4) is 0 Å². The van der Waals surface area contributed by atoms with Crippen molar-refractivity contribution >= 4 is 19.7 Å². The molecule has 0 aromatic carbocycles. The summed E-state index contributed by atoms with van der Waals surface area (Å²) in [4.78, 5) is 0. The predicted molar refractivity (Wildman–Crippen MR) is 25.0 cm³/mol. The second-order valence-electron chi connectivity index (χ2n) is 0.743. The molecule has 0 N–H and O–H groups in total. The van der Waals surface area contributed by atoms with Crippen molar-refractivity contribution in [1.29, 1.82) is 0 Å². The summed E-state index contributed by atoms with van der Waals surface area (Å²) in [7, 11) is 1.33.